The summed E-state index contributed by atoms with van der Waals surface area (Å²) in [6, 6.07) is 16.4. The van der Waals surface area contributed by atoms with Crippen molar-refractivity contribution in [2.45, 2.75) is 27.2 Å². The monoisotopic (exact) mass is 390 g/mol. The summed E-state index contributed by atoms with van der Waals surface area (Å²) in [5.41, 5.74) is 3.79. The molecule has 29 heavy (non-hydrogen) atoms. The second-order valence-electron chi connectivity index (χ2n) is 6.67. The Morgan fingerprint density at radius 2 is 1.59 bits per heavy atom. The van der Waals surface area contributed by atoms with E-state index in [-0.39, 0.29) is 24.2 Å². The Balaban J connectivity index is 1.62. The molecule has 0 fully saturated rings. The summed E-state index contributed by atoms with van der Waals surface area (Å²) in [4.78, 5) is 31.9. The molecule has 0 aliphatic rings. The Bertz CT molecular complexity index is 1010. The van der Waals surface area contributed by atoms with Crippen molar-refractivity contribution >= 4 is 23.2 Å². The van der Waals surface area contributed by atoms with E-state index in [1.165, 1.54) is 6.92 Å². The van der Waals surface area contributed by atoms with E-state index in [1.54, 1.807) is 36.4 Å². The third kappa shape index (κ3) is 6.14. The van der Waals surface area contributed by atoms with E-state index in [4.69, 9.17) is 4.74 Å². The second-order valence-corrected chi connectivity index (χ2v) is 6.67. The number of benzene rings is 2. The van der Waals surface area contributed by atoms with Crippen LogP contribution in [0.5, 0.6) is 11.8 Å². The first-order valence-corrected chi connectivity index (χ1v) is 9.14. The quantitative estimate of drug-likeness (QED) is 0.663. The maximum atomic E-state index is 12.4. The number of carbonyl (C=O) groups is 2. The minimum Gasteiger partial charge on any atom is -0.424 e. The lowest BCUT2D eigenvalue weighted by Crippen LogP contribution is -2.14. The maximum Gasteiger partial charge on any atom is 0.322 e. The summed E-state index contributed by atoms with van der Waals surface area (Å²) in [5, 5.41) is 5.55. The fraction of sp³-hybridized carbons (Fsp3) is 0.182. The lowest BCUT2D eigenvalue weighted by molar-refractivity contribution is -0.116. The zero-order chi connectivity index (χ0) is 20.8. The number of nitrogens with zero attached hydrogens (tertiary/aromatic N) is 2. The van der Waals surface area contributed by atoms with E-state index in [0.29, 0.717) is 17.1 Å². The molecule has 7 heteroatoms. The van der Waals surface area contributed by atoms with Gasteiger partial charge in [0.25, 0.3) is 0 Å². The van der Waals surface area contributed by atoms with Crippen LogP contribution in [0.2, 0.25) is 0 Å². The van der Waals surface area contributed by atoms with Crippen molar-refractivity contribution in [3.63, 3.8) is 0 Å². The molecule has 0 saturated heterocycles. The Morgan fingerprint density at radius 1 is 0.897 bits per heavy atom. The van der Waals surface area contributed by atoms with Gasteiger partial charge in [0, 0.05) is 35.8 Å². The van der Waals surface area contributed by atoms with Crippen LogP contribution in [-0.2, 0) is 16.0 Å². The smallest absolute Gasteiger partial charge is 0.322 e. The van der Waals surface area contributed by atoms with Crippen molar-refractivity contribution in [3.8, 4) is 11.8 Å². The number of anilines is 2. The van der Waals surface area contributed by atoms with Crippen LogP contribution in [0.25, 0.3) is 0 Å². The second kappa shape index (κ2) is 8.97. The average Bonchev–Trinajstić information content (AvgIpc) is 2.62. The van der Waals surface area contributed by atoms with Crippen molar-refractivity contribution in [1.82, 2.24) is 9.97 Å². The molecule has 0 aliphatic carbocycles. The van der Waals surface area contributed by atoms with Gasteiger partial charge in [-0.2, -0.15) is 0 Å². The van der Waals surface area contributed by atoms with Crippen molar-refractivity contribution in [2.24, 2.45) is 0 Å². The molecule has 0 spiro atoms. The molecule has 0 bridgehead atoms. The van der Waals surface area contributed by atoms with E-state index in [9.17, 15) is 9.59 Å². The molecule has 1 aromatic heterocycles. The van der Waals surface area contributed by atoms with Gasteiger partial charge in [-0.1, -0.05) is 18.2 Å². The summed E-state index contributed by atoms with van der Waals surface area (Å²) in [5.74, 6) is 0.244. The number of ether oxygens (including phenoxy) is 1. The Labute approximate surface area is 169 Å². The molecule has 0 atom stereocenters. The third-order valence-corrected chi connectivity index (χ3v) is 3.93. The number of nitrogens with one attached hydrogen (secondary N) is 2. The standard InChI is InChI=1S/C22H22N4O3/c1-14-11-15(2)24-22(23-14)29-20-6-4-5-19(13-20)26-21(28)12-17-7-9-18(10-8-17)25-16(3)27/h4-11,13H,12H2,1-3H3,(H,25,27)(H,26,28). The number of aryl methyl sites for hydroxylation is 2. The van der Waals surface area contributed by atoms with Crippen LogP contribution in [-0.4, -0.2) is 21.8 Å². The predicted octanol–water partition coefficient (Wildman–Crippen LogP) is 4.03. The summed E-state index contributed by atoms with van der Waals surface area (Å²) in [6.45, 7) is 5.20. The molecule has 2 N–H and O–H groups in total. The zero-order valence-electron chi connectivity index (χ0n) is 16.5. The van der Waals surface area contributed by atoms with Crippen LogP contribution in [0.3, 0.4) is 0 Å². The molecule has 2 aromatic carbocycles. The lowest BCUT2D eigenvalue weighted by atomic mass is 10.1. The predicted molar refractivity (Wildman–Crippen MR) is 111 cm³/mol. The van der Waals surface area contributed by atoms with E-state index >= 15 is 0 Å². The normalized spacial score (nSPS) is 10.3. The molecule has 0 aliphatic heterocycles. The van der Waals surface area contributed by atoms with Crippen LogP contribution < -0.4 is 15.4 Å². The minimum atomic E-state index is -0.155. The SMILES string of the molecule is CC(=O)Nc1ccc(CC(=O)Nc2cccc(Oc3nc(C)cc(C)n3)c2)cc1. The van der Waals surface area contributed by atoms with Gasteiger partial charge in [0.1, 0.15) is 5.75 Å². The number of aromatic nitrogens is 2. The molecule has 0 saturated carbocycles. The van der Waals surface area contributed by atoms with Gasteiger partial charge in [0.2, 0.25) is 11.8 Å². The van der Waals surface area contributed by atoms with Crippen molar-refractivity contribution in [3.05, 3.63) is 71.5 Å². The molecule has 0 radical (unpaired) electrons. The molecule has 148 valence electrons. The first kappa shape index (κ1) is 20.0. The van der Waals surface area contributed by atoms with Crippen LogP contribution >= 0.6 is 0 Å². The van der Waals surface area contributed by atoms with Gasteiger partial charge in [-0.15, -0.1) is 0 Å². The van der Waals surface area contributed by atoms with Crippen molar-refractivity contribution in [1.29, 1.82) is 0 Å². The van der Waals surface area contributed by atoms with Gasteiger partial charge in [0.05, 0.1) is 6.42 Å². The number of amides is 2. The van der Waals surface area contributed by atoms with Crippen LogP contribution in [0.4, 0.5) is 11.4 Å². The Kier molecular flexibility index (Phi) is 6.19. The summed E-state index contributed by atoms with van der Waals surface area (Å²) in [6.07, 6.45) is 0.214. The molecule has 1 heterocycles. The van der Waals surface area contributed by atoms with Gasteiger partial charge in [0.15, 0.2) is 0 Å². The highest BCUT2D eigenvalue weighted by Crippen LogP contribution is 2.22. The molecule has 0 unspecified atom stereocenters. The number of rotatable bonds is 6. The Morgan fingerprint density at radius 3 is 2.24 bits per heavy atom. The van der Waals surface area contributed by atoms with Crippen LogP contribution in [0, 0.1) is 13.8 Å². The summed E-state index contributed by atoms with van der Waals surface area (Å²) < 4.78 is 5.72. The summed E-state index contributed by atoms with van der Waals surface area (Å²) >= 11 is 0. The molecular weight excluding hydrogens is 368 g/mol. The van der Waals surface area contributed by atoms with Gasteiger partial charge >= 0.3 is 6.01 Å². The number of hydrogen-bond acceptors (Lipinski definition) is 5. The van der Waals surface area contributed by atoms with E-state index in [0.717, 1.165) is 17.0 Å². The van der Waals surface area contributed by atoms with Crippen LogP contribution in [0.1, 0.15) is 23.9 Å². The fourth-order valence-corrected chi connectivity index (χ4v) is 2.78. The fourth-order valence-electron chi connectivity index (χ4n) is 2.78. The first-order valence-electron chi connectivity index (χ1n) is 9.14. The first-order chi connectivity index (χ1) is 13.9. The topological polar surface area (TPSA) is 93.2 Å². The highest BCUT2D eigenvalue weighted by molar-refractivity contribution is 5.92. The summed E-state index contributed by atoms with van der Waals surface area (Å²) in [7, 11) is 0. The number of carbonyl (C=O) groups excluding carboxylic acids is 2. The number of hydrogen-bond donors (Lipinski definition) is 2. The lowest BCUT2D eigenvalue weighted by Gasteiger charge is -2.09. The van der Waals surface area contributed by atoms with Gasteiger partial charge in [-0.05, 0) is 49.7 Å². The maximum absolute atomic E-state index is 12.4. The van der Waals surface area contributed by atoms with E-state index in [2.05, 4.69) is 20.6 Å². The molecule has 3 aromatic rings. The zero-order valence-corrected chi connectivity index (χ0v) is 16.5. The Hall–Kier alpha value is -3.74. The molecule has 7 nitrogen and oxygen atoms in total. The van der Waals surface area contributed by atoms with Gasteiger partial charge in [-0.25, -0.2) is 9.97 Å². The van der Waals surface area contributed by atoms with Crippen molar-refractivity contribution in [2.75, 3.05) is 10.6 Å². The van der Waals surface area contributed by atoms with Crippen LogP contribution in [0.15, 0.2) is 54.6 Å². The van der Waals surface area contributed by atoms with E-state index in [1.807, 2.05) is 32.0 Å². The highest BCUT2D eigenvalue weighted by atomic mass is 16.5. The largest absolute Gasteiger partial charge is 0.424 e. The molecule has 3 rings (SSSR count). The average molecular weight is 390 g/mol. The van der Waals surface area contributed by atoms with Crippen molar-refractivity contribution < 1.29 is 14.3 Å². The molecular formula is C22H22N4O3. The minimum absolute atomic E-state index is 0.135. The third-order valence-electron chi connectivity index (χ3n) is 3.93. The molecule has 2 amide bonds. The van der Waals surface area contributed by atoms with E-state index < -0.39 is 0 Å². The highest BCUT2D eigenvalue weighted by Gasteiger charge is 2.07. The van der Waals surface area contributed by atoms with Gasteiger partial charge < -0.3 is 15.4 Å². The van der Waals surface area contributed by atoms with Gasteiger partial charge in [-0.3, -0.25) is 9.59 Å².